The highest BCUT2D eigenvalue weighted by Crippen LogP contribution is 2.23. The Hall–Kier alpha value is -1.79. The summed E-state index contributed by atoms with van der Waals surface area (Å²) in [5, 5.41) is 22.6. The molecule has 0 fully saturated rings. The molecule has 0 radical (unpaired) electrons. The summed E-state index contributed by atoms with van der Waals surface area (Å²) in [6.45, 7) is 6.99. The van der Waals surface area contributed by atoms with Crippen LogP contribution in [0.25, 0.3) is 0 Å². The Morgan fingerprint density at radius 3 is 2.45 bits per heavy atom. The van der Waals surface area contributed by atoms with Crippen LogP contribution in [-0.2, 0) is 4.74 Å². The number of aryl methyl sites for hydroxylation is 1. The third-order valence-electron chi connectivity index (χ3n) is 2.87. The highest BCUT2D eigenvalue weighted by Gasteiger charge is 2.22. The normalized spacial score (nSPS) is 14.1. The third kappa shape index (κ3) is 5.91. The van der Waals surface area contributed by atoms with Gasteiger partial charge in [0.1, 0.15) is 23.6 Å². The summed E-state index contributed by atoms with van der Waals surface area (Å²) in [6.07, 6.45) is -2.93. The average molecular weight is 311 g/mol. The maximum atomic E-state index is 11.5. The van der Waals surface area contributed by atoms with Crippen molar-refractivity contribution in [2.24, 2.45) is 0 Å². The van der Waals surface area contributed by atoms with Crippen molar-refractivity contribution >= 4 is 6.09 Å². The summed E-state index contributed by atoms with van der Waals surface area (Å²) < 4.78 is 10.2. The number of ether oxygens (including phenoxy) is 2. The smallest absolute Gasteiger partial charge is 0.407 e. The summed E-state index contributed by atoms with van der Waals surface area (Å²) in [4.78, 5) is 11.5. The van der Waals surface area contributed by atoms with Crippen LogP contribution in [0.3, 0.4) is 0 Å². The van der Waals surface area contributed by atoms with E-state index in [4.69, 9.17) is 9.47 Å². The van der Waals surface area contributed by atoms with Crippen molar-refractivity contribution in [2.45, 2.75) is 45.5 Å². The highest BCUT2D eigenvalue weighted by molar-refractivity contribution is 5.67. The number of aliphatic hydroxyl groups excluding tert-OH is 2. The van der Waals surface area contributed by atoms with Gasteiger partial charge in [-0.3, -0.25) is 0 Å². The molecule has 22 heavy (non-hydrogen) atoms. The molecule has 0 aliphatic heterocycles. The van der Waals surface area contributed by atoms with Crippen molar-refractivity contribution < 1.29 is 24.5 Å². The van der Waals surface area contributed by atoms with Gasteiger partial charge < -0.3 is 25.0 Å². The molecular formula is C16H25NO5. The molecule has 1 aromatic carbocycles. The van der Waals surface area contributed by atoms with Gasteiger partial charge in [0.2, 0.25) is 0 Å². The fraction of sp³-hybridized carbons (Fsp3) is 0.562. The lowest BCUT2D eigenvalue weighted by atomic mass is 10.0. The van der Waals surface area contributed by atoms with Crippen molar-refractivity contribution in [2.75, 3.05) is 13.7 Å². The van der Waals surface area contributed by atoms with E-state index in [9.17, 15) is 15.0 Å². The second-order valence-electron chi connectivity index (χ2n) is 6.18. The van der Waals surface area contributed by atoms with Gasteiger partial charge in [0.15, 0.2) is 0 Å². The molecule has 0 aromatic heterocycles. The second kappa shape index (κ2) is 7.47. The Morgan fingerprint density at radius 1 is 1.27 bits per heavy atom. The fourth-order valence-corrected chi connectivity index (χ4v) is 1.90. The van der Waals surface area contributed by atoms with Crippen molar-refractivity contribution in [3.8, 4) is 5.75 Å². The Kier molecular flexibility index (Phi) is 6.20. The molecule has 1 amide bonds. The molecule has 2 unspecified atom stereocenters. The summed E-state index contributed by atoms with van der Waals surface area (Å²) in [6, 6.07) is 5.22. The number of aliphatic hydroxyl groups is 2. The maximum absolute atomic E-state index is 11.5. The molecule has 0 saturated carbocycles. The highest BCUT2D eigenvalue weighted by atomic mass is 16.6. The molecule has 0 aliphatic carbocycles. The SMILES string of the molecule is COc1cc(C)cc(C(O)C(O)CNC(=O)OC(C)(C)C)c1. The average Bonchev–Trinajstić information content (AvgIpc) is 2.41. The number of nitrogens with one attached hydrogen (secondary N) is 1. The quantitative estimate of drug-likeness (QED) is 0.773. The fourth-order valence-electron chi connectivity index (χ4n) is 1.90. The first-order valence-electron chi connectivity index (χ1n) is 7.11. The van der Waals surface area contributed by atoms with Crippen LogP contribution in [0.1, 0.15) is 38.0 Å². The molecule has 0 saturated heterocycles. The molecular weight excluding hydrogens is 286 g/mol. The van der Waals surface area contributed by atoms with Crippen LogP contribution in [0.15, 0.2) is 18.2 Å². The molecule has 2 atom stereocenters. The van der Waals surface area contributed by atoms with Gasteiger partial charge in [-0.2, -0.15) is 0 Å². The predicted molar refractivity (Wildman–Crippen MR) is 82.9 cm³/mol. The Bertz CT molecular complexity index is 510. The number of hydrogen-bond acceptors (Lipinski definition) is 5. The molecule has 0 bridgehead atoms. The van der Waals surface area contributed by atoms with Crippen molar-refractivity contribution in [1.82, 2.24) is 5.32 Å². The van der Waals surface area contributed by atoms with E-state index in [2.05, 4.69) is 5.32 Å². The van der Waals surface area contributed by atoms with Gasteiger partial charge in [0.05, 0.1) is 7.11 Å². The summed E-state index contributed by atoms with van der Waals surface area (Å²) in [5.41, 5.74) is 0.813. The molecule has 3 N–H and O–H groups in total. The third-order valence-corrected chi connectivity index (χ3v) is 2.87. The van der Waals surface area contributed by atoms with Gasteiger partial charge >= 0.3 is 6.09 Å². The van der Waals surface area contributed by atoms with Gasteiger partial charge in [-0.05, 0) is 51.0 Å². The number of benzene rings is 1. The molecule has 1 aromatic rings. The van der Waals surface area contributed by atoms with Crippen LogP contribution in [0, 0.1) is 6.92 Å². The predicted octanol–water partition coefficient (Wildman–Crippen LogP) is 1.92. The zero-order valence-electron chi connectivity index (χ0n) is 13.7. The zero-order chi connectivity index (χ0) is 16.9. The molecule has 6 heteroatoms. The molecule has 0 heterocycles. The number of hydrogen-bond donors (Lipinski definition) is 3. The Balaban J connectivity index is 2.63. The number of carbonyl (C=O) groups excluding carboxylic acids is 1. The van der Waals surface area contributed by atoms with Crippen LogP contribution in [0.2, 0.25) is 0 Å². The lowest BCUT2D eigenvalue weighted by Gasteiger charge is -2.22. The van der Waals surface area contributed by atoms with Crippen LogP contribution in [0.4, 0.5) is 4.79 Å². The number of alkyl carbamates (subject to hydrolysis) is 1. The van der Waals surface area contributed by atoms with Gasteiger partial charge in [-0.15, -0.1) is 0 Å². The van der Waals surface area contributed by atoms with E-state index in [0.29, 0.717) is 11.3 Å². The lowest BCUT2D eigenvalue weighted by Crippen LogP contribution is -2.38. The second-order valence-corrected chi connectivity index (χ2v) is 6.18. The first kappa shape index (κ1) is 18.3. The Labute approximate surface area is 131 Å². The van der Waals surface area contributed by atoms with E-state index < -0.39 is 23.9 Å². The van der Waals surface area contributed by atoms with E-state index in [-0.39, 0.29) is 6.54 Å². The van der Waals surface area contributed by atoms with E-state index >= 15 is 0 Å². The van der Waals surface area contributed by atoms with Gasteiger partial charge in [-0.1, -0.05) is 6.07 Å². The van der Waals surface area contributed by atoms with Crippen LogP contribution < -0.4 is 10.1 Å². The van der Waals surface area contributed by atoms with Crippen molar-refractivity contribution in [3.63, 3.8) is 0 Å². The van der Waals surface area contributed by atoms with Crippen LogP contribution in [-0.4, -0.2) is 41.7 Å². The maximum Gasteiger partial charge on any atom is 0.407 e. The summed E-state index contributed by atoms with van der Waals surface area (Å²) in [5.74, 6) is 0.598. The standard InChI is InChI=1S/C16H25NO5/c1-10-6-11(8-12(7-10)21-5)14(19)13(18)9-17-15(20)22-16(2,3)4/h6-8,13-14,18-19H,9H2,1-5H3,(H,17,20). The zero-order valence-corrected chi connectivity index (χ0v) is 13.7. The minimum atomic E-state index is -1.15. The lowest BCUT2D eigenvalue weighted by molar-refractivity contribution is 0.0128. The first-order valence-corrected chi connectivity index (χ1v) is 7.11. The van der Waals surface area contributed by atoms with Crippen LogP contribution in [0.5, 0.6) is 5.75 Å². The summed E-state index contributed by atoms with van der Waals surface area (Å²) >= 11 is 0. The molecule has 124 valence electrons. The molecule has 0 spiro atoms. The minimum Gasteiger partial charge on any atom is -0.497 e. The van der Waals surface area contributed by atoms with Crippen molar-refractivity contribution in [1.29, 1.82) is 0 Å². The Morgan fingerprint density at radius 2 is 1.91 bits per heavy atom. The number of rotatable bonds is 5. The monoisotopic (exact) mass is 311 g/mol. The van der Waals surface area contributed by atoms with E-state index in [1.54, 1.807) is 32.9 Å². The van der Waals surface area contributed by atoms with E-state index in [1.165, 1.54) is 7.11 Å². The largest absolute Gasteiger partial charge is 0.497 e. The minimum absolute atomic E-state index is 0.119. The number of methoxy groups -OCH3 is 1. The number of amides is 1. The van der Waals surface area contributed by atoms with E-state index in [1.807, 2.05) is 13.0 Å². The first-order chi connectivity index (χ1) is 10.1. The number of carbonyl (C=O) groups is 1. The summed E-state index contributed by atoms with van der Waals surface area (Å²) in [7, 11) is 1.53. The van der Waals surface area contributed by atoms with Crippen molar-refractivity contribution in [3.05, 3.63) is 29.3 Å². The topological polar surface area (TPSA) is 88.0 Å². The van der Waals surface area contributed by atoms with Gasteiger partial charge in [0, 0.05) is 6.54 Å². The van der Waals surface area contributed by atoms with Gasteiger partial charge in [-0.25, -0.2) is 4.79 Å². The van der Waals surface area contributed by atoms with Gasteiger partial charge in [0.25, 0.3) is 0 Å². The van der Waals surface area contributed by atoms with E-state index in [0.717, 1.165) is 5.56 Å². The molecule has 6 nitrogen and oxygen atoms in total. The van der Waals surface area contributed by atoms with Crippen LogP contribution >= 0.6 is 0 Å². The molecule has 1 rings (SSSR count). The molecule has 0 aliphatic rings.